The molecule has 0 saturated heterocycles. The second-order valence-corrected chi connectivity index (χ2v) is 9.64. The third-order valence-corrected chi connectivity index (χ3v) is 7.12. The molecule has 1 fully saturated rings. The first-order valence-corrected chi connectivity index (χ1v) is 12.6. The molecular weight excluding hydrogens is 464 g/mol. The highest BCUT2D eigenvalue weighted by atomic mass is 16.2. The van der Waals surface area contributed by atoms with Gasteiger partial charge in [-0.3, -0.25) is 14.5 Å². The number of hydrogen-bond donors (Lipinski definition) is 1. The van der Waals surface area contributed by atoms with Crippen LogP contribution in [0.1, 0.15) is 53.6 Å². The molecule has 8 nitrogen and oxygen atoms in total. The molecule has 0 radical (unpaired) electrons. The minimum Gasteiger partial charge on any atom is -0.324 e. The summed E-state index contributed by atoms with van der Waals surface area (Å²) >= 11 is 0. The third kappa shape index (κ3) is 4.87. The molecule has 5 rings (SSSR count). The van der Waals surface area contributed by atoms with Crippen LogP contribution >= 0.6 is 0 Å². The second-order valence-electron chi connectivity index (χ2n) is 9.64. The van der Waals surface area contributed by atoms with Crippen molar-refractivity contribution in [2.24, 2.45) is 0 Å². The molecule has 3 aromatic carbocycles. The van der Waals surface area contributed by atoms with Gasteiger partial charge in [-0.15, -0.1) is 5.10 Å². The van der Waals surface area contributed by atoms with E-state index >= 15 is 0 Å². The summed E-state index contributed by atoms with van der Waals surface area (Å²) in [6.07, 6.45) is 5.46. The van der Waals surface area contributed by atoms with Crippen molar-refractivity contribution in [1.29, 1.82) is 0 Å². The Kier molecular flexibility index (Phi) is 6.81. The van der Waals surface area contributed by atoms with E-state index in [0.29, 0.717) is 18.4 Å². The van der Waals surface area contributed by atoms with Crippen LogP contribution in [0.2, 0.25) is 0 Å². The lowest BCUT2D eigenvalue weighted by atomic mass is 9.78. The highest BCUT2D eigenvalue weighted by Gasteiger charge is 2.48. The number of benzene rings is 3. The molecule has 188 valence electrons. The Bertz CT molecular complexity index is 1390. The molecule has 1 aliphatic carbocycles. The molecular formula is C29H30N6O2. The van der Waals surface area contributed by atoms with Crippen molar-refractivity contribution in [1.82, 2.24) is 20.2 Å². The van der Waals surface area contributed by atoms with E-state index in [9.17, 15) is 9.59 Å². The van der Waals surface area contributed by atoms with Crippen LogP contribution in [-0.4, -0.2) is 37.6 Å². The summed E-state index contributed by atoms with van der Waals surface area (Å²) in [4.78, 5) is 30.2. The van der Waals surface area contributed by atoms with E-state index in [1.54, 1.807) is 29.2 Å². The van der Waals surface area contributed by atoms with Gasteiger partial charge in [-0.2, -0.15) is 0 Å². The van der Waals surface area contributed by atoms with Crippen LogP contribution in [0.5, 0.6) is 0 Å². The smallest absolute Gasteiger partial charge is 0.259 e. The van der Waals surface area contributed by atoms with E-state index in [2.05, 4.69) is 20.8 Å². The third-order valence-electron chi connectivity index (χ3n) is 7.12. The van der Waals surface area contributed by atoms with E-state index < -0.39 is 5.54 Å². The van der Waals surface area contributed by atoms with E-state index in [4.69, 9.17) is 0 Å². The maximum absolute atomic E-state index is 14.3. The summed E-state index contributed by atoms with van der Waals surface area (Å²) in [6, 6.07) is 22.7. The lowest BCUT2D eigenvalue weighted by Gasteiger charge is -2.45. The van der Waals surface area contributed by atoms with Crippen molar-refractivity contribution in [2.45, 2.75) is 51.5 Å². The lowest BCUT2D eigenvalue weighted by Crippen LogP contribution is -2.60. The van der Waals surface area contributed by atoms with Gasteiger partial charge in [0.25, 0.3) is 11.8 Å². The number of carbonyl (C=O) groups is 2. The molecule has 1 aliphatic rings. The molecule has 37 heavy (non-hydrogen) atoms. The van der Waals surface area contributed by atoms with Gasteiger partial charge in [-0.25, -0.2) is 4.68 Å². The molecule has 8 heteroatoms. The summed E-state index contributed by atoms with van der Waals surface area (Å²) in [6.45, 7) is 3.97. The van der Waals surface area contributed by atoms with Gasteiger partial charge in [0.05, 0.1) is 5.69 Å². The van der Waals surface area contributed by atoms with Gasteiger partial charge < -0.3 is 5.32 Å². The van der Waals surface area contributed by atoms with Gasteiger partial charge in [0.2, 0.25) is 0 Å². The number of carbonyl (C=O) groups excluding carboxylic acids is 2. The Balaban J connectivity index is 1.58. The summed E-state index contributed by atoms with van der Waals surface area (Å²) in [5.41, 5.74) is 3.71. The van der Waals surface area contributed by atoms with Gasteiger partial charge >= 0.3 is 0 Å². The molecule has 0 spiro atoms. The van der Waals surface area contributed by atoms with Crippen LogP contribution in [0.4, 0.5) is 11.4 Å². The van der Waals surface area contributed by atoms with Crippen molar-refractivity contribution < 1.29 is 9.59 Å². The number of amides is 2. The normalized spacial score (nSPS) is 14.6. The predicted octanol–water partition coefficient (Wildman–Crippen LogP) is 5.27. The van der Waals surface area contributed by atoms with E-state index in [0.717, 1.165) is 47.5 Å². The molecule has 2 amide bonds. The van der Waals surface area contributed by atoms with Gasteiger partial charge in [-0.05, 0) is 90.7 Å². The average Bonchev–Trinajstić information content (AvgIpc) is 3.46. The van der Waals surface area contributed by atoms with E-state index in [-0.39, 0.29) is 11.8 Å². The van der Waals surface area contributed by atoms with Gasteiger partial charge in [0, 0.05) is 16.9 Å². The molecule has 1 aromatic heterocycles. The molecule has 0 atom stereocenters. The van der Waals surface area contributed by atoms with Gasteiger partial charge in [-0.1, -0.05) is 49.6 Å². The van der Waals surface area contributed by atoms with Crippen LogP contribution in [0, 0.1) is 13.8 Å². The van der Waals surface area contributed by atoms with Gasteiger partial charge in [0.1, 0.15) is 11.9 Å². The Morgan fingerprint density at radius 1 is 0.919 bits per heavy atom. The maximum Gasteiger partial charge on any atom is 0.259 e. The topological polar surface area (TPSA) is 93.0 Å². The Hall–Kier alpha value is -4.33. The van der Waals surface area contributed by atoms with E-state index in [1.807, 2.05) is 62.4 Å². The molecule has 1 saturated carbocycles. The molecule has 0 unspecified atom stereocenters. The van der Waals surface area contributed by atoms with Crippen LogP contribution in [0.3, 0.4) is 0 Å². The quantitative estimate of drug-likeness (QED) is 0.394. The number of tetrazole rings is 1. The molecule has 4 aromatic rings. The number of nitrogens with zero attached hydrogens (tertiary/aromatic N) is 5. The minimum absolute atomic E-state index is 0.151. The number of para-hydroxylation sites is 1. The van der Waals surface area contributed by atoms with Crippen LogP contribution in [-0.2, 0) is 4.79 Å². The summed E-state index contributed by atoms with van der Waals surface area (Å²) in [5, 5.41) is 14.4. The summed E-state index contributed by atoms with van der Waals surface area (Å²) in [7, 11) is 0. The van der Waals surface area contributed by atoms with Crippen LogP contribution < -0.4 is 10.2 Å². The Labute approximate surface area is 216 Å². The fourth-order valence-electron chi connectivity index (χ4n) is 5.13. The van der Waals surface area contributed by atoms with Crippen molar-refractivity contribution >= 4 is 23.2 Å². The SMILES string of the molecule is Cc1cccc(N(C(=O)c2ccc(-n3cnnn3)cc2)C2(C(=O)Nc3ccccc3C)CCCCC2)c1. The second kappa shape index (κ2) is 10.3. The van der Waals surface area contributed by atoms with Crippen LogP contribution in [0.15, 0.2) is 79.1 Å². The first kappa shape index (κ1) is 24.4. The first-order chi connectivity index (χ1) is 18.0. The zero-order valence-corrected chi connectivity index (χ0v) is 21.1. The van der Waals surface area contributed by atoms with Crippen molar-refractivity contribution in [3.05, 3.63) is 95.8 Å². The Morgan fingerprint density at radius 3 is 2.35 bits per heavy atom. The first-order valence-electron chi connectivity index (χ1n) is 12.6. The molecule has 0 bridgehead atoms. The standard InChI is InChI=1S/C29H30N6O2/c1-21-9-8-11-25(19-21)35(27(36)23-13-15-24(16-14-23)34-20-30-32-33-34)29(17-6-3-7-18-29)28(37)31-26-12-5-4-10-22(26)2/h4-5,8-16,19-20H,3,6-7,17-18H2,1-2H3,(H,31,37). The largest absolute Gasteiger partial charge is 0.324 e. The number of aryl methyl sites for hydroxylation is 2. The average molecular weight is 495 g/mol. The Morgan fingerprint density at radius 2 is 1.68 bits per heavy atom. The number of hydrogen-bond acceptors (Lipinski definition) is 5. The van der Waals surface area contributed by atoms with Crippen LogP contribution in [0.25, 0.3) is 5.69 Å². The molecule has 1 heterocycles. The van der Waals surface area contributed by atoms with Crippen molar-refractivity contribution in [2.75, 3.05) is 10.2 Å². The fraction of sp³-hybridized carbons (Fsp3) is 0.276. The number of nitrogens with one attached hydrogen (secondary N) is 1. The number of rotatable bonds is 6. The van der Waals surface area contributed by atoms with Gasteiger partial charge in [0.15, 0.2) is 0 Å². The maximum atomic E-state index is 14.3. The van der Waals surface area contributed by atoms with Crippen molar-refractivity contribution in [3.63, 3.8) is 0 Å². The summed E-state index contributed by atoms with van der Waals surface area (Å²) < 4.78 is 1.53. The predicted molar refractivity (Wildman–Crippen MR) is 143 cm³/mol. The fourth-order valence-corrected chi connectivity index (χ4v) is 5.13. The highest BCUT2D eigenvalue weighted by Crippen LogP contribution is 2.39. The summed E-state index contributed by atoms with van der Waals surface area (Å²) in [5.74, 6) is -0.364. The zero-order valence-electron chi connectivity index (χ0n) is 21.1. The zero-order chi connectivity index (χ0) is 25.8. The lowest BCUT2D eigenvalue weighted by molar-refractivity contribution is -0.122. The minimum atomic E-state index is -1.01. The number of anilines is 2. The molecule has 1 N–H and O–H groups in total. The monoisotopic (exact) mass is 494 g/mol. The van der Waals surface area contributed by atoms with E-state index in [1.165, 1.54) is 11.0 Å². The van der Waals surface area contributed by atoms with Crippen molar-refractivity contribution in [3.8, 4) is 5.69 Å². The number of aromatic nitrogens is 4. The highest BCUT2D eigenvalue weighted by molar-refractivity contribution is 6.14. The molecule has 0 aliphatic heterocycles.